The van der Waals surface area contributed by atoms with Gasteiger partial charge < -0.3 is 9.80 Å². The van der Waals surface area contributed by atoms with Gasteiger partial charge >= 0.3 is 0 Å². The highest BCUT2D eigenvalue weighted by molar-refractivity contribution is 6.89. The van der Waals surface area contributed by atoms with Gasteiger partial charge in [0.2, 0.25) is 0 Å². The van der Waals surface area contributed by atoms with Crippen molar-refractivity contribution in [3.63, 3.8) is 0 Å². The molecule has 10 aromatic rings. The summed E-state index contributed by atoms with van der Waals surface area (Å²) in [6.45, 7) is 21.8. The highest BCUT2D eigenvalue weighted by Crippen LogP contribution is 2.51. The van der Waals surface area contributed by atoms with Gasteiger partial charge in [0, 0.05) is 45.4 Å². The quantitative estimate of drug-likeness (QED) is 0.0766. The molecule has 0 aliphatic carbocycles. The van der Waals surface area contributed by atoms with E-state index in [4.69, 9.17) is 0 Å². The molecule has 0 unspecified atom stereocenters. The predicted molar refractivity (Wildman–Crippen MR) is 295 cm³/mol. The number of hydrogen-bond donors (Lipinski definition) is 0. The van der Waals surface area contributed by atoms with Crippen LogP contribution in [0.4, 0.5) is 51.7 Å². The normalized spacial score (nSPS) is 12.1. The molecule has 0 bridgehead atoms. The van der Waals surface area contributed by atoms with Crippen LogP contribution in [0.5, 0.6) is 0 Å². The first-order valence-electron chi connectivity index (χ1n) is 23.9. The molecule has 0 atom stereocenters. The zero-order chi connectivity index (χ0) is 49.6. The second-order valence-corrected chi connectivity index (χ2v) is 31.1. The van der Waals surface area contributed by atoms with Gasteiger partial charge in [-0.15, -0.1) is 0 Å². The second-order valence-electron chi connectivity index (χ2n) is 20.9. The molecule has 70 heavy (non-hydrogen) atoms. The van der Waals surface area contributed by atoms with Crippen LogP contribution < -0.4 is 20.2 Å². The summed E-state index contributed by atoms with van der Waals surface area (Å²) < 4.78 is 65.7. The molecular weight excluding hydrogens is 905 g/mol. The predicted octanol–water partition coefficient (Wildman–Crippen LogP) is 17.7. The zero-order valence-electron chi connectivity index (χ0n) is 41.4. The molecule has 10 aromatic carbocycles. The average molecular weight is 961 g/mol. The minimum Gasteiger partial charge on any atom is -0.307 e. The van der Waals surface area contributed by atoms with Gasteiger partial charge in [-0.25, -0.2) is 17.6 Å². The van der Waals surface area contributed by atoms with Crippen LogP contribution >= 0.6 is 0 Å². The van der Waals surface area contributed by atoms with E-state index in [-0.39, 0.29) is 11.4 Å². The van der Waals surface area contributed by atoms with E-state index in [1.165, 1.54) is 22.5 Å². The maximum Gasteiger partial charge on any atom is 0.150 e. The van der Waals surface area contributed by atoms with Crippen LogP contribution in [-0.4, -0.2) is 16.1 Å². The van der Waals surface area contributed by atoms with Crippen molar-refractivity contribution in [1.82, 2.24) is 0 Å². The maximum absolute atomic E-state index is 17.2. The summed E-state index contributed by atoms with van der Waals surface area (Å²) in [7, 11) is -3.46. The minimum atomic E-state index is -1.73. The van der Waals surface area contributed by atoms with Gasteiger partial charge in [0.25, 0.3) is 0 Å². The molecule has 0 N–H and O–H groups in total. The van der Waals surface area contributed by atoms with Crippen molar-refractivity contribution in [2.45, 2.75) is 67.0 Å². The van der Waals surface area contributed by atoms with Gasteiger partial charge in [0.15, 0.2) is 11.6 Å². The van der Waals surface area contributed by atoms with Crippen LogP contribution in [0.15, 0.2) is 158 Å². The van der Waals surface area contributed by atoms with Crippen molar-refractivity contribution < 1.29 is 17.6 Å². The van der Waals surface area contributed by atoms with Crippen LogP contribution in [0.2, 0.25) is 39.3 Å². The van der Waals surface area contributed by atoms with E-state index in [9.17, 15) is 0 Å². The van der Waals surface area contributed by atoms with Crippen LogP contribution in [0.25, 0.3) is 54.6 Å². The van der Waals surface area contributed by atoms with Crippen LogP contribution in [0.1, 0.15) is 22.3 Å². The molecule has 0 aliphatic rings. The molecule has 0 spiro atoms. The summed E-state index contributed by atoms with van der Waals surface area (Å²) in [6.07, 6.45) is 0. The summed E-state index contributed by atoms with van der Waals surface area (Å²) in [5, 5.41) is 8.03. The third kappa shape index (κ3) is 8.06. The van der Waals surface area contributed by atoms with Gasteiger partial charge in [-0.3, -0.25) is 0 Å². The van der Waals surface area contributed by atoms with Crippen molar-refractivity contribution in [2.75, 3.05) is 9.80 Å². The third-order valence-corrected chi connectivity index (χ3v) is 18.5. The fourth-order valence-electron chi connectivity index (χ4n) is 10.2. The first kappa shape index (κ1) is 46.7. The van der Waals surface area contributed by atoms with Crippen LogP contribution in [0.3, 0.4) is 0 Å². The van der Waals surface area contributed by atoms with E-state index in [1.807, 2.05) is 86.0 Å². The van der Waals surface area contributed by atoms with Gasteiger partial charge in [-0.1, -0.05) is 147 Å². The van der Waals surface area contributed by atoms with Gasteiger partial charge in [0.1, 0.15) is 11.6 Å². The minimum absolute atomic E-state index is 0.241. The van der Waals surface area contributed by atoms with Crippen molar-refractivity contribution in [1.29, 1.82) is 0 Å². The average Bonchev–Trinajstić information content (AvgIpc) is 3.31. The Morgan fingerprint density at radius 3 is 1.09 bits per heavy atom. The Morgan fingerprint density at radius 1 is 0.371 bits per heavy atom. The zero-order valence-corrected chi connectivity index (χ0v) is 43.4. The molecule has 0 radical (unpaired) electrons. The number of halogens is 4. The Morgan fingerprint density at radius 2 is 0.729 bits per heavy atom. The van der Waals surface area contributed by atoms with Crippen molar-refractivity contribution in [3.8, 4) is 22.3 Å². The van der Waals surface area contributed by atoms with Crippen molar-refractivity contribution in [3.05, 3.63) is 203 Å². The topological polar surface area (TPSA) is 6.48 Å². The van der Waals surface area contributed by atoms with E-state index in [0.29, 0.717) is 22.5 Å². The molecule has 10 rings (SSSR count). The van der Waals surface area contributed by atoms with Crippen LogP contribution in [0, 0.1) is 51.0 Å². The van der Waals surface area contributed by atoms with Crippen molar-refractivity contribution in [2.24, 2.45) is 0 Å². The highest BCUT2D eigenvalue weighted by Gasteiger charge is 2.30. The molecule has 0 saturated carbocycles. The van der Waals surface area contributed by atoms with Crippen LogP contribution in [-0.2, 0) is 0 Å². The van der Waals surface area contributed by atoms with Gasteiger partial charge in [-0.2, -0.15) is 0 Å². The first-order valence-corrected chi connectivity index (χ1v) is 30.9. The molecule has 0 aromatic heterocycles. The number of rotatable bonds is 10. The Bertz CT molecular complexity index is 3420. The van der Waals surface area contributed by atoms with Crippen molar-refractivity contribution >= 4 is 93.0 Å². The lowest BCUT2D eigenvalue weighted by molar-refractivity contribution is 0.584. The Hall–Kier alpha value is -7.01. The smallest absolute Gasteiger partial charge is 0.150 e. The molecule has 350 valence electrons. The lowest BCUT2D eigenvalue weighted by Gasteiger charge is -2.32. The lowest BCUT2D eigenvalue weighted by Crippen LogP contribution is -2.37. The fraction of sp³-hybridized carbons (Fsp3) is 0.161. The summed E-state index contributed by atoms with van der Waals surface area (Å²) in [6, 6.07) is 49.9. The summed E-state index contributed by atoms with van der Waals surface area (Å²) >= 11 is 0. The van der Waals surface area contributed by atoms with Gasteiger partial charge in [0.05, 0.1) is 38.9 Å². The Balaban J connectivity index is 1.28. The number of anilines is 6. The molecule has 8 heteroatoms. The summed E-state index contributed by atoms with van der Waals surface area (Å²) in [4.78, 5) is 3.90. The number of nitrogens with zero attached hydrogens (tertiary/aromatic N) is 2. The molecular formula is C62H56F4N2Si2. The van der Waals surface area contributed by atoms with E-state index >= 15 is 17.6 Å². The number of aryl methyl sites for hydroxylation is 2. The standard InChI is InChI=1S/C62H56F4N2Si2/c1-37-13-11-15-49(39(37)3)53-33-43(63)35-55(65)61(53)67(45-21-25-47(26-22-45)69(5,6)7)57-31-19-41-18-30-52-58(32-20-42-17-29-51(57)59(41)60(42)52)68(46-23-27-48(28-24-46)70(8,9)10)62-54(34-44(64)36-56(62)66)50-16-12-14-38(2)40(50)4/h11-36H,1-10H3. The molecule has 0 saturated heterocycles. The van der Waals surface area contributed by atoms with E-state index in [1.54, 1.807) is 0 Å². The van der Waals surface area contributed by atoms with Gasteiger partial charge in [-0.05, 0) is 131 Å². The Labute approximate surface area is 410 Å². The highest BCUT2D eigenvalue weighted by atomic mass is 28.3. The van der Waals surface area contributed by atoms with E-state index in [2.05, 4.69) is 124 Å². The largest absolute Gasteiger partial charge is 0.307 e. The summed E-state index contributed by atoms with van der Waals surface area (Å²) in [5.74, 6) is -2.69. The monoisotopic (exact) mass is 960 g/mol. The second kappa shape index (κ2) is 17.4. The van der Waals surface area contributed by atoms with E-state index < -0.39 is 39.4 Å². The van der Waals surface area contributed by atoms with E-state index in [0.717, 1.165) is 89.2 Å². The molecule has 0 fully saturated rings. The maximum atomic E-state index is 17.2. The SMILES string of the molecule is Cc1cccc(-c2cc(F)cc(F)c2N(c2ccc([Si](C)(C)C)cc2)c2ccc3ccc4c(N(c5ccc([Si](C)(C)C)cc5)c5c(F)cc(F)cc5-c5cccc(C)c5C)ccc5ccc2c3c54)c1C. The molecule has 2 nitrogen and oxygen atoms in total. The molecule has 0 aliphatic heterocycles. The fourth-order valence-corrected chi connectivity index (χ4v) is 12.6. The Kier molecular flexibility index (Phi) is 11.6. The number of benzene rings is 10. The third-order valence-electron chi connectivity index (χ3n) is 14.4. The molecule has 0 heterocycles. The number of hydrogen-bond acceptors (Lipinski definition) is 2. The first-order chi connectivity index (χ1) is 33.3. The lowest BCUT2D eigenvalue weighted by atomic mass is 9.90. The summed E-state index contributed by atoms with van der Waals surface area (Å²) in [5.41, 5.74) is 9.63. The molecule has 0 amide bonds.